The van der Waals surface area contributed by atoms with Gasteiger partial charge in [0.1, 0.15) is 17.2 Å². The molecule has 2 aromatic carbocycles. The molecule has 200 valence electrons. The molecule has 2 aromatic heterocycles. The molecule has 0 spiro atoms. The summed E-state index contributed by atoms with van der Waals surface area (Å²) in [5.41, 5.74) is 0.922. The first-order chi connectivity index (χ1) is 17.7. The van der Waals surface area contributed by atoms with E-state index >= 15 is 0 Å². The lowest BCUT2D eigenvalue weighted by atomic mass is 10.1. The first-order valence-electron chi connectivity index (χ1n) is 11.7. The molecule has 4 aromatic rings. The van der Waals surface area contributed by atoms with E-state index in [4.69, 9.17) is 4.74 Å². The number of amides is 1. The zero-order chi connectivity index (χ0) is 27.8. The van der Waals surface area contributed by atoms with Gasteiger partial charge in [0, 0.05) is 43.7 Å². The Labute approximate surface area is 220 Å². The number of ether oxygens (including phenoxy) is 1. The van der Waals surface area contributed by atoms with Crippen molar-refractivity contribution in [3.05, 3.63) is 84.3 Å². The Hall–Kier alpha value is -3.99. The van der Waals surface area contributed by atoms with Crippen LogP contribution < -0.4 is 0 Å². The topological polar surface area (TPSA) is 86.4 Å². The van der Waals surface area contributed by atoms with Crippen molar-refractivity contribution in [1.82, 2.24) is 18.7 Å². The second kappa shape index (κ2) is 10.1. The molecule has 0 aliphatic carbocycles. The molecule has 0 atom stereocenters. The predicted octanol–water partition coefficient (Wildman–Crippen LogP) is 5.44. The van der Waals surface area contributed by atoms with Gasteiger partial charge in [0.15, 0.2) is 0 Å². The van der Waals surface area contributed by atoms with E-state index in [1.165, 1.54) is 42.4 Å². The van der Waals surface area contributed by atoms with Crippen LogP contribution in [0.3, 0.4) is 0 Å². The van der Waals surface area contributed by atoms with Crippen molar-refractivity contribution in [2.24, 2.45) is 7.05 Å². The summed E-state index contributed by atoms with van der Waals surface area (Å²) in [5, 5.41) is 4.13. The summed E-state index contributed by atoms with van der Waals surface area (Å²) >= 11 is 0. The second-order valence-electron chi connectivity index (χ2n) is 9.93. The SMILES string of the molecule is CN(Cc1cc(-c2ccc(F)cc2F)n(S(=O)(=O)c2cccc(-c3cnn(C)c3)c2)c1)C(=O)OC(C)(C)C. The lowest BCUT2D eigenvalue weighted by molar-refractivity contribution is 0.0285. The normalized spacial score (nSPS) is 12.0. The third-order valence-electron chi connectivity index (χ3n) is 5.60. The van der Waals surface area contributed by atoms with E-state index in [-0.39, 0.29) is 22.7 Å². The van der Waals surface area contributed by atoms with E-state index in [1.54, 1.807) is 57.0 Å². The van der Waals surface area contributed by atoms with Crippen LogP contribution in [0.2, 0.25) is 0 Å². The Morgan fingerprint density at radius 2 is 1.79 bits per heavy atom. The summed E-state index contributed by atoms with van der Waals surface area (Å²) in [6.45, 7) is 5.19. The molecule has 0 aliphatic rings. The lowest BCUT2D eigenvalue weighted by Gasteiger charge is -2.24. The van der Waals surface area contributed by atoms with Gasteiger partial charge < -0.3 is 9.64 Å². The van der Waals surface area contributed by atoms with Crippen molar-refractivity contribution in [3.63, 3.8) is 0 Å². The molecule has 38 heavy (non-hydrogen) atoms. The van der Waals surface area contributed by atoms with Gasteiger partial charge in [0.05, 0.1) is 23.3 Å². The van der Waals surface area contributed by atoms with E-state index in [0.29, 0.717) is 17.2 Å². The van der Waals surface area contributed by atoms with Crippen molar-refractivity contribution in [2.45, 2.75) is 37.8 Å². The molecular weight excluding hydrogens is 514 g/mol. The smallest absolute Gasteiger partial charge is 0.410 e. The number of nitrogens with zero attached hydrogens (tertiary/aromatic N) is 4. The van der Waals surface area contributed by atoms with Crippen LogP contribution in [0.25, 0.3) is 22.4 Å². The summed E-state index contributed by atoms with van der Waals surface area (Å²) in [7, 11) is -0.975. The minimum atomic E-state index is -4.24. The molecule has 0 saturated heterocycles. The number of aromatic nitrogens is 3. The number of hydrogen-bond donors (Lipinski definition) is 0. The third-order valence-corrected chi connectivity index (χ3v) is 7.27. The maximum atomic E-state index is 14.8. The number of carbonyl (C=O) groups excluding carboxylic acids is 1. The van der Waals surface area contributed by atoms with Crippen LogP contribution in [0.15, 0.2) is 72.0 Å². The lowest BCUT2D eigenvalue weighted by Crippen LogP contribution is -2.33. The zero-order valence-corrected chi connectivity index (χ0v) is 22.5. The number of aryl methyl sites for hydroxylation is 1. The summed E-state index contributed by atoms with van der Waals surface area (Å²) in [6.07, 6.45) is 4.09. The molecular formula is C27H28F2N4O4S. The van der Waals surface area contributed by atoms with Gasteiger partial charge in [-0.1, -0.05) is 12.1 Å². The minimum absolute atomic E-state index is 0.0109. The van der Waals surface area contributed by atoms with E-state index in [9.17, 15) is 22.0 Å². The van der Waals surface area contributed by atoms with Crippen LogP contribution in [0.1, 0.15) is 26.3 Å². The Morgan fingerprint density at radius 3 is 2.42 bits per heavy atom. The number of rotatable bonds is 6. The summed E-state index contributed by atoms with van der Waals surface area (Å²) in [4.78, 5) is 13.7. The molecule has 0 aliphatic heterocycles. The first kappa shape index (κ1) is 27.1. The zero-order valence-electron chi connectivity index (χ0n) is 21.6. The highest BCUT2D eigenvalue weighted by molar-refractivity contribution is 7.90. The van der Waals surface area contributed by atoms with E-state index in [0.717, 1.165) is 15.6 Å². The monoisotopic (exact) mass is 542 g/mol. The third kappa shape index (κ3) is 5.77. The largest absolute Gasteiger partial charge is 0.444 e. The molecule has 1 amide bonds. The van der Waals surface area contributed by atoms with Crippen LogP contribution in [-0.4, -0.2) is 45.8 Å². The number of benzene rings is 2. The number of halogens is 2. The molecule has 0 N–H and O–H groups in total. The molecule has 2 heterocycles. The molecule has 0 radical (unpaired) electrons. The Kier molecular flexibility index (Phi) is 7.16. The van der Waals surface area contributed by atoms with Crippen molar-refractivity contribution in [1.29, 1.82) is 0 Å². The predicted molar refractivity (Wildman–Crippen MR) is 139 cm³/mol. The molecule has 0 saturated carbocycles. The van der Waals surface area contributed by atoms with Gasteiger partial charge in [0.25, 0.3) is 10.0 Å². The van der Waals surface area contributed by atoms with Crippen LogP contribution in [0.5, 0.6) is 0 Å². The highest BCUT2D eigenvalue weighted by atomic mass is 32.2. The number of carbonyl (C=O) groups is 1. The molecule has 4 rings (SSSR count). The van der Waals surface area contributed by atoms with Crippen LogP contribution in [0, 0.1) is 11.6 Å². The Bertz CT molecular complexity index is 1600. The van der Waals surface area contributed by atoms with E-state index in [2.05, 4.69) is 5.10 Å². The van der Waals surface area contributed by atoms with Gasteiger partial charge in [-0.2, -0.15) is 5.10 Å². The fourth-order valence-electron chi connectivity index (χ4n) is 3.87. The Morgan fingerprint density at radius 1 is 1.05 bits per heavy atom. The molecule has 8 nitrogen and oxygen atoms in total. The van der Waals surface area contributed by atoms with Crippen LogP contribution >= 0.6 is 0 Å². The maximum Gasteiger partial charge on any atom is 0.410 e. The Balaban J connectivity index is 1.79. The maximum absolute atomic E-state index is 14.8. The quantitative estimate of drug-likeness (QED) is 0.324. The fraction of sp³-hybridized carbons (Fsp3) is 0.259. The highest BCUT2D eigenvalue weighted by Gasteiger charge is 2.26. The minimum Gasteiger partial charge on any atom is -0.444 e. The summed E-state index contributed by atoms with van der Waals surface area (Å²) in [5.74, 6) is -1.71. The average molecular weight is 543 g/mol. The van der Waals surface area contributed by atoms with Gasteiger partial charge in [-0.05, 0) is 62.2 Å². The van der Waals surface area contributed by atoms with Crippen LogP contribution in [-0.2, 0) is 28.4 Å². The highest BCUT2D eigenvalue weighted by Crippen LogP contribution is 2.31. The molecule has 11 heteroatoms. The average Bonchev–Trinajstić information content (AvgIpc) is 3.45. The van der Waals surface area contributed by atoms with Crippen molar-refractivity contribution < 1.29 is 26.7 Å². The first-order valence-corrected chi connectivity index (χ1v) is 13.1. The van der Waals surface area contributed by atoms with Crippen molar-refractivity contribution in [3.8, 4) is 22.4 Å². The standard InChI is InChI=1S/C27H28F2N4O4S/c1-27(2,3)37-26(34)31(4)15-18-11-25(23-10-9-21(28)13-24(23)29)33(16-18)38(35,36)22-8-6-7-19(12-22)20-14-30-32(5)17-20/h6-14,16-17H,15H2,1-5H3. The van der Waals surface area contributed by atoms with E-state index < -0.39 is 33.4 Å². The molecule has 0 bridgehead atoms. The number of hydrogen-bond acceptors (Lipinski definition) is 5. The van der Waals surface area contributed by atoms with Gasteiger partial charge in [0.2, 0.25) is 0 Å². The van der Waals surface area contributed by atoms with Crippen LogP contribution in [0.4, 0.5) is 13.6 Å². The molecule has 0 unspecified atom stereocenters. The molecule has 0 fully saturated rings. The van der Waals surface area contributed by atoms with Crippen molar-refractivity contribution >= 4 is 16.1 Å². The van der Waals surface area contributed by atoms with Gasteiger partial charge in [-0.3, -0.25) is 4.68 Å². The van der Waals surface area contributed by atoms with E-state index in [1.807, 2.05) is 0 Å². The van der Waals surface area contributed by atoms with Crippen molar-refractivity contribution in [2.75, 3.05) is 7.05 Å². The second-order valence-corrected chi connectivity index (χ2v) is 11.7. The fourth-order valence-corrected chi connectivity index (χ4v) is 5.31. The van der Waals surface area contributed by atoms with Gasteiger partial charge in [-0.15, -0.1) is 0 Å². The summed E-state index contributed by atoms with van der Waals surface area (Å²) < 4.78 is 64.1. The summed E-state index contributed by atoms with van der Waals surface area (Å²) in [6, 6.07) is 10.7. The van der Waals surface area contributed by atoms with Gasteiger partial charge >= 0.3 is 6.09 Å². The van der Waals surface area contributed by atoms with Gasteiger partial charge in [-0.25, -0.2) is 26.0 Å².